The Balaban J connectivity index is 1.81. The van der Waals surface area contributed by atoms with Crippen molar-refractivity contribution >= 4 is 17.4 Å². The highest BCUT2D eigenvalue weighted by Gasteiger charge is 2.37. The van der Waals surface area contributed by atoms with Gasteiger partial charge in [0.05, 0.1) is 6.61 Å². The van der Waals surface area contributed by atoms with Crippen LogP contribution in [-0.2, 0) is 4.79 Å². The van der Waals surface area contributed by atoms with Crippen molar-refractivity contribution in [2.75, 3.05) is 11.5 Å². The van der Waals surface area contributed by atoms with E-state index in [9.17, 15) is 4.79 Å². The summed E-state index contributed by atoms with van der Waals surface area (Å²) in [4.78, 5) is 16.0. The fourth-order valence-corrected chi connectivity index (χ4v) is 2.44. The van der Waals surface area contributed by atoms with Gasteiger partial charge in [-0.05, 0) is 31.2 Å². The van der Waals surface area contributed by atoms with Gasteiger partial charge >= 0.3 is 0 Å². The summed E-state index contributed by atoms with van der Waals surface area (Å²) in [7, 11) is 0. The van der Waals surface area contributed by atoms with E-state index in [0.29, 0.717) is 6.61 Å². The number of carbonyl (C=O) groups is 1. The molecular formula is C15H18N4O2. The number of anilines is 1. The third-order valence-corrected chi connectivity index (χ3v) is 3.48. The van der Waals surface area contributed by atoms with Gasteiger partial charge in [-0.25, -0.2) is 0 Å². The zero-order valence-electron chi connectivity index (χ0n) is 12.1. The molecular weight excluding hydrogens is 268 g/mol. The van der Waals surface area contributed by atoms with Gasteiger partial charge in [0, 0.05) is 24.5 Å². The molecule has 2 aliphatic rings. The standard InChI is InChI=1S/C15H18N4O2/c1-3-13-16-17-14-15(20)18(9-10-19(13)14)11-5-7-12(8-6-11)21-4-2/h5-10,14,17H,3-4H2,1-2H3. The van der Waals surface area contributed by atoms with Crippen molar-refractivity contribution < 1.29 is 9.53 Å². The predicted molar refractivity (Wildman–Crippen MR) is 80.7 cm³/mol. The summed E-state index contributed by atoms with van der Waals surface area (Å²) in [6, 6.07) is 7.48. The SMILES string of the molecule is CCOc1ccc(N2C=CN3C(CC)=NNC3C2=O)cc1. The quantitative estimate of drug-likeness (QED) is 0.918. The minimum Gasteiger partial charge on any atom is -0.494 e. The highest BCUT2D eigenvalue weighted by atomic mass is 16.5. The number of carbonyl (C=O) groups excluding carboxylic acids is 1. The van der Waals surface area contributed by atoms with E-state index >= 15 is 0 Å². The van der Waals surface area contributed by atoms with E-state index in [-0.39, 0.29) is 5.91 Å². The third kappa shape index (κ3) is 2.33. The average molecular weight is 286 g/mol. The molecule has 1 aromatic rings. The Kier molecular flexibility index (Phi) is 3.51. The van der Waals surface area contributed by atoms with Gasteiger partial charge in [0.2, 0.25) is 6.17 Å². The van der Waals surface area contributed by atoms with Crippen LogP contribution in [0.2, 0.25) is 0 Å². The van der Waals surface area contributed by atoms with Gasteiger partial charge in [-0.15, -0.1) is 0 Å². The van der Waals surface area contributed by atoms with Crippen LogP contribution in [0.15, 0.2) is 41.8 Å². The van der Waals surface area contributed by atoms with Gasteiger partial charge in [-0.3, -0.25) is 15.1 Å². The lowest BCUT2D eigenvalue weighted by molar-refractivity contribution is -0.122. The molecule has 1 amide bonds. The molecule has 1 unspecified atom stereocenters. The monoisotopic (exact) mass is 286 g/mol. The Morgan fingerprint density at radius 1 is 1.24 bits per heavy atom. The summed E-state index contributed by atoms with van der Waals surface area (Å²) in [5.41, 5.74) is 3.70. The lowest BCUT2D eigenvalue weighted by atomic mass is 10.2. The fourth-order valence-electron chi connectivity index (χ4n) is 2.44. The van der Waals surface area contributed by atoms with E-state index in [0.717, 1.165) is 23.7 Å². The first-order valence-electron chi connectivity index (χ1n) is 7.09. The summed E-state index contributed by atoms with van der Waals surface area (Å²) < 4.78 is 5.41. The van der Waals surface area contributed by atoms with Gasteiger partial charge in [-0.1, -0.05) is 6.92 Å². The molecule has 21 heavy (non-hydrogen) atoms. The minimum atomic E-state index is -0.448. The van der Waals surface area contributed by atoms with Crippen molar-refractivity contribution in [1.82, 2.24) is 10.3 Å². The molecule has 0 fully saturated rings. The largest absolute Gasteiger partial charge is 0.494 e. The van der Waals surface area contributed by atoms with Gasteiger partial charge in [-0.2, -0.15) is 5.10 Å². The predicted octanol–water partition coefficient (Wildman–Crippen LogP) is 1.86. The van der Waals surface area contributed by atoms with Crippen LogP contribution in [-0.4, -0.2) is 29.4 Å². The van der Waals surface area contributed by atoms with Crippen LogP contribution in [0.5, 0.6) is 5.75 Å². The normalized spacial score (nSPS) is 20.2. The number of fused-ring (bicyclic) bond motifs is 1. The molecule has 1 N–H and O–H groups in total. The lowest BCUT2D eigenvalue weighted by Crippen LogP contribution is -2.52. The maximum atomic E-state index is 12.5. The van der Waals surface area contributed by atoms with Crippen LogP contribution < -0.4 is 15.1 Å². The first-order chi connectivity index (χ1) is 10.2. The molecule has 6 heteroatoms. The molecule has 0 saturated heterocycles. The van der Waals surface area contributed by atoms with Crippen molar-refractivity contribution in [2.24, 2.45) is 5.10 Å². The summed E-state index contributed by atoms with van der Waals surface area (Å²) in [6.45, 7) is 4.58. The summed E-state index contributed by atoms with van der Waals surface area (Å²) in [6.07, 6.45) is 3.98. The Labute approximate surface area is 123 Å². The molecule has 0 bridgehead atoms. The summed E-state index contributed by atoms with van der Waals surface area (Å²) in [5, 5.41) is 4.19. The highest BCUT2D eigenvalue weighted by Crippen LogP contribution is 2.25. The van der Waals surface area contributed by atoms with Crippen molar-refractivity contribution in [3.63, 3.8) is 0 Å². The first-order valence-corrected chi connectivity index (χ1v) is 7.09. The second kappa shape index (κ2) is 5.47. The Morgan fingerprint density at radius 2 is 2.00 bits per heavy atom. The summed E-state index contributed by atoms with van der Waals surface area (Å²) in [5.74, 6) is 1.62. The molecule has 0 aromatic heterocycles. The topological polar surface area (TPSA) is 57.2 Å². The molecule has 0 radical (unpaired) electrons. The molecule has 1 atom stereocenters. The Morgan fingerprint density at radius 3 is 2.67 bits per heavy atom. The molecule has 2 aliphatic heterocycles. The van der Waals surface area contributed by atoms with Crippen molar-refractivity contribution in [1.29, 1.82) is 0 Å². The van der Waals surface area contributed by atoms with Gasteiger partial charge in [0.1, 0.15) is 11.6 Å². The van der Waals surface area contributed by atoms with Crippen LogP contribution in [0.4, 0.5) is 5.69 Å². The van der Waals surface area contributed by atoms with Crippen LogP contribution in [0, 0.1) is 0 Å². The Hall–Kier alpha value is -2.50. The second-order valence-electron chi connectivity index (χ2n) is 4.75. The third-order valence-electron chi connectivity index (χ3n) is 3.48. The minimum absolute atomic E-state index is 0.0474. The fraction of sp³-hybridized carbons (Fsp3) is 0.333. The van der Waals surface area contributed by atoms with E-state index in [2.05, 4.69) is 10.5 Å². The maximum Gasteiger partial charge on any atom is 0.276 e. The first kappa shape index (κ1) is 13.5. The number of amides is 1. The Bertz CT molecular complexity index is 594. The number of nitrogens with zero attached hydrogens (tertiary/aromatic N) is 3. The van der Waals surface area contributed by atoms with Crippen LogP contribution in [0.1, 0.15) is 20.3 Å². The molecule has 2 heterocycles. The van der Waals surface area contributed by atoms with E-state index in [1.807, 2.05) is 49.2 Å². The van der Waals surface area contributed by atoms with E-state index in [1.165, 1.54) is 0 Å². The number of hydrogen-bond donors (Lipinski definition) is 1. The van der Waals surface area contributed by atoms with E-state index in [1.54, 1.807) is 11.1 Å². The maximum absolute atomic E-state index is 12.5. The van der Waals surface area contributed by atoms with Crippen molar-refractivity contribution in [3.8, 4) is 5.75 Å². The molecule has 0 aliphatic carbocycles. The van der Waals surface area contributed by atoms with Gasteiger partial charge < -0.3 is 9.64 Å². The van der Waals surface area contributed by atoms with Gasteiger partial charge in [0.15, 0.2) is 0 Å². The molecule has 0 saturated carbocycles. The zero-order chi connectivity index (χ0) is 14.8. The smallest absolute Gasteiger partial charge is 0.276 e. The molecule has 1 aromatic carbocycles. The van der Waals surface area contributed by atoms with Crippen LogP contribution >= 0.6 is 0 Å². The van der Waals surface area contributed by atoms with Gasteiger partial charge in [0.25, 0.3) is 5.91 Å². The molecule has 110 valence electrons. The summed E-state index contributed by atoms with van der Waals surface area (Å²) >= 11 is 0. The number of rotatable bonds is 4. The number of nitrogens with one attached hydrogen (secondary N) is 1. The number of hydrogen-bond acceptors (Lipinski definition) is 5. The molecule has 6 nitrogen and oxygen atoms in total. The average Bonchev–Trinajstić information content (AvgIpc) is 2.93. The molecule has 0 spiro atoms. The number of benzene rings is 1. The van der Waals surface area contributed by atoms with Crippen LogP contribution in [0.25, 0.3) is 0 Å². The van der Waals surface area contributed by atoms with Crippen molar-refractivity contribution in [2.45, 2.75) is 26.4 Å². The number of ether oxygens (including phenoxy) is 1. The number of amidine groups is 1. The zero-order valence-corrected chi connectivity index (χ0v) is 12.1. The molecule has 3 rings (SSSR count). The van der Waals surface area contributed by atoms with Crippen molar-refractivity contribution in [3.05, 3.63) is 36.7 Å². The van der Waals surface area contributed by atoms with E-state index in [4.69, 9.17) is 4.74 Å². The van der Waals surface area contributed by atoms with Crippen LogP contribution in [0.3, 0.4) is 0 Å². The highest BCUT2D eigenvalue weighted by molar-refractivity contribution is 6.03. The number of hydrazone groups is 1. The van der Waals surface area contributed by atoms with E-state index < -0.39 is 6.17 Å². The lowest BCUT2D eigenvalue weighted by Gasteiger charge is -2.32. The second-order valence-corrected chi connectivity index (χ2v) is 4.75.